The SMILES string of the molecule is C[C@H](Nc1ccc2c(c1)OCCO2)C(=O)Nc1ccc(OCc2ccccc2)cc1. The molecular weight excluding hydrogens is 380 g/mol. The van der Waals surface area contributed by atoms with Gasteiger partial charge in [-0.25, -0.2) is 0 Å². The molecule has 6 heteroatoms. The van der Waals surface area contributed by atoms with Gasteiger partial charge in [0.25, 0.3) is 0 Å². The topological polar surface area (TPSA) is 68.8 Å². The number of carbonyl (C=O) groups excluding carboxylic acids is 1. The molecule has 0 saturated heterocycles. The smallest absolute Gasteiger partial charge is 0.246 e. The van der Waals surface area contributed by atoms with E-state index in [0.717, 1.165) is 22.7 Å². The van der Waals surface area contributed by atoms with Crippen molar-refractivity contribution < 1.29 is 19.0 Å². The minimum atomic E-state index is -0.429. The summed E-state index contributed by atoms with van der Waals surface area (Å²) in [6, 6.07) is 22.5. The Bertz CT molecular complexity index is 990. The van der Waals surface area contributed by atoms with Crippen molar-refractivity contribution in [1.82, 2.24) is 0 Å². The van der Waals surface area contributed by atoms with Gasteiger partial charge in [-0.05, 0) is 48.9 Å². The summed E-state index contributed by atoms with van der Waals surface area (Å²) in [5, 5.41) is 6.10. The van der Waals surface area contributed by atoms with Gasteiger partial charge in [-0.2, -0.15) is 0 Å². The van der Waals surface area contributed by atoms with E-state index in [1.807, 2.05) is 79.7 Å². The molecule has 0 unspecified atom stereocenters. The van der Waals surface area contributed by atoms with E-state index in [1.165, 1.54) is 0 Å². The molecule has 1 aliphatic heterocycles. The molecule has 0 aromatic heterocycles. The second-order valence-electron chi connectivity index (χ2n) is 7.01. The Morgan fingerprint density at radius 3 is 2.40 bits per heavy atom. The Labute approximate surface area is 175 Å². The Balaban J connectivity index is 1.29. The summed E-state index contributed by atoms with van der Waals surface area (Å²) >= 11 is 0. The van der Waals surface area contributed by atoms with Crippen LogP contribution in [0.1, 0.15) is 12.5 Å². The van der Waals surface area contributed by atoms with Crippen LogP contribution in [0.25, 0.3) is 0 Å². The van der Waals surface area contributed by atoms with Crippen molar-refractivity contribution >= 4 is 17.3 Å². The first-order chi connectivity index (χ1) is 14.7. The maximum atomic E-state index is 12.5. The van der Waals surface area contributed by atoms with Gasteiger partial charge in [0.1, 0.15) is 31.6 Å². The van der Waals surface area contributed by atoms with Crippen LogP contribution in [-0.4, -0.2) is 25.2 Å². The standard InChI is InChI=1S/C24H24N2O4/c1-17(25-20-9-12-22-23(15-20)29-14-13-28-22)24(27)26-19-7-10-21(11-8-19)30-16-18-5-3-2-4-6-18/h2-12,15,17,25H,13-14,16H2,1H3,(H,26,27)/t17-/m0/s1. The van der Waals surface area contributed by atoms with Gasteiger partial charge in [-0.1, -0.05) is 30.3 Å². The molecule has 3 aromatic rings. The monoisotopic (exact) mass is 404 g/mol. The molecule has 6 nitrogen and oxygen atoms in total. The van der Waals surface area contributed by atoms with Crippen molar-refractivity contribution in [2.24, 2.45) is 0 Å². The fourth-order valence-electron chi connectivity index (χ4n) is 3.07. The lowest BCUT2D eigenvalue weighted by Gasteiger charge is -2.20. The minimum Gasteiger partial charge on any atom is -0.489 e. The van der Waals surface area contributed by atoms with Gasteiger partial charge in [-0.3, -0.25) is 4.79 Å². The Morgan fingerprint density at radius 2 is 1.63 bits per heavy atom. The minimum absolute atomic E-state index is 0.136. The van der Waals surface area contributed by atoms with Gasteiger partial charge in [-0.15, -0.1) is 0 Å². The molecule has 0 saturated carbocycles. The van der Waals surface area contributed by atoms with Crippen molar-refractivity contribution in [3.8, 4) is 17.2 Å². The van der Waals surface area contributed by atoms with E-state index in [9.17, 15) is 4.79 Å². The molecule has 2 N–H and O–H groups in total. The summed E-state index contributed by atoms with van der Waals surface area (Å²) in [7, 11) is 0. The Hall–Kier alpha value is -3.67. The number of amides is 1. The highest BCUT2D eigenvalue weighted by atomic mass is 16.6. The predicted octanol–water partition coefficient (Wildman–Crippen LogP) is 4.48. The number of anilines is 2. The number of hydrogen-bond acceptors (Lipinski definition) is 5. The van der Waals surface area contributed by atoms with Crippen LogP contribution in [0.4, 0.5) is 11.4 Å². The van der Waals surface area contributed by atoms with Crippen LogP contribution in [0.5, 0.6) is 17.2 Å². The number of rotatable bonds is 7. The largest absolute Gasteiger partial charge is 0.489 e. The fraction of sp³-hybridized carbons (Fsp3) is 0.208. The third-order valence-corrected chi connectivity index (χ3v) is 4.69. The number of fused-ring (bicyclic) bond motifs is 1. The van der Waals surface area contributed by atoms with Crippen LogP contribution in [-0.2, 0) is 11.4 Å². The van der Waals surface area contributed by atoms with Crippen LogP contribution in [0.2, 0.25) is 0 Å². The second kappa shape index (κ2) is 9.22. The summed E-state index contributed by atoms with van der Waals surface area (Å²) in [6.07, 6.45) is 0. The predicted molar refractivity (Wildman–Crippen MR) is 116 cm³/mol. The van der Waals surface area contributed by atoms with Crippen molar-refractivity contribution in [3.05, 3.63) is 78.4 Å². The Kier molecular flexibility index (Phi) is 6.03. The number of nitrogens with one attached hydrogen (secondary N) is 2. The molecule has 30 heavy (non-hydrogen) atoms. The van der Waals surface area contributed by atoms with Crippen molar-refractivity contribution in [2.45, 2.75) is 19.6 Å². The fourth-order valence-corrected chi connectivity index (χ4v) is 3.07. The maximum Gasteiger partial charge on any atom is 0.246 e. The van der Waals surface area contributed by atoms with Gasteiger partial charge in [0.2, 0.25) is 5.91 Å². The van der Waals surface area contributed by atoms with Gasteiger partial charge in [0, 0.05) is 17.4 Å². The second-order valence-corrected chi connectivity index (χ2v) is 7.01. The lowest BCUT2D eigenvalue weighted by molar-refractivity contribution is -0.116. The first kappa shape index (κ1) is 19.6. The van der Waals surface area contributed by atoms with Crippen LogP contribution in [0.3, 0.4) is 0 Å². The maximum absolute atomic E-state index is 12.5. The van der Waals surface area contributed by atoms with Crippen molar-refractivity contribution in [1.29, 1.82) is 0 Å². The van der Waals surface area contributed by atoms with E-state index in [4.69, 9.17) is 14.2 Å². The van der Waals surface area contributed by atoms with Crippen molar-refractivity contribution in [2.75, 3.05) is 23.8 Å². The summed E-state index contributed by atoms with van der Waals surface area (Å²) in [5.41, 5.74) is 2.61. The molecule has 1 aliphatic rings. The van der Waals surface area contributed by atoms with Crippen LogP contribution in [0.15, 0.2) is 72.8 Å². The lowest BCUT2D eigenvalue weighted by atomic mass is 10.2. The zero-order valence-corrected chi connectivity index (χ0v) is 16.8. The molecule has 0 bridgehead atoms. The number of ether oxygens (including phenoxy) is 3. The molecule has 4 rings (SSSR count). The van der Waals surface area contributed by atoms with E-state index < -0.39 is 6.04 Å². The normalized spacial score (nSPS) is 13.2. The third-order valence-electron chi connectivity index (χ3n) is 4.69. The number of carbonyl (C=O) groups is 1. The molecule has 3 aromatic carbocycles. The highest BCUT2D eigenvalue weighted by molar-refractivity contribution is 5.96. The summed E-state index contributed by atoms with van der Waals surface area (Å²) in [4.78, 5) is 12.5. The van der Waals surface area contributed by atoms with E-state index in [2.05, 4.69) is 10.6 Å². The van der Waals surface area contributed by atoms with E-state index in [0.29, 0.717) is 31.3 Å². The van der Waals surface area contributed by atoms with Gasteiger partial charge >= 0.3 is 0 Å². The molecule has 1 atom stereocenters. The lowest BCUT2D eigenvalue weighted by Crippen LogP contribution is -2.31. The summed E-state index contributed by atoms with van der Waals surface area (Å²) in [5.74, 6) is 2.02. The number of hydrogen-bond donors (Lipinski definition) is 2. The summed E-state index contributed by atoms with van der Waals surface area (Å²) in [6.45, 7) is 3.39. The highest BCUT2D eigenvalue weighted by Gasteiger charge is 2.16. The molecule has 0 aliphatic carbocycles. The number of benzene rings is 3. The average Bonchev–Trinajstić information content (AvgIpc) is 2.79. The van der Waals surface area contributed by atoms with E-state index in [-0.39, 0.29) is 5.91 Å². The van der Waals surface area contributed by atoms with Gasteiger partial charge in [0.15, 0.2) is 11.5 Å². The summed E-state index contributed by atoms with van der Waals surface area (Å²) < 4.78 is 16.9. The first-order valence-electron chi connectivity index (χ1n) is 9.91. The van der Waals surface area contributed by atoms with Crippen LogP contribution in [0, 0.1) is 0 Å². The Morgan fingerprint density at radius 1 is 0.933 bits per heavy atom. The third kappa shape index (κ3) is 5.03. The highest BCUT2D eigenvalue weighted by Crippen LogP contribution is 2.32. The molecule has 0 fully saturated rings. The van der Waals surface area contributed by atoms with Gasteiger partial charge in [0.05, 0.1) is 0 Å². The molecule has 154 valence electrons. The zero-order chi connectivity index (χ0) is 20.8. The quantitative estimate of drug-likeness (QED) is 0.608. The first-order valence-corrected chi connectivity index (χ1v) is 9.91. The van der Waals surface area contributed by atoms with E-state index in [1.54, 1.807) is 0 Å². The molecule has 0 spiro atoms. The average molecular weight is 404 g/mol. The molecule has 1 heterocycles. The molecule has 0 radical (unpaired) electrons. The molecule has 1 amide bonds. The van der Waals surface area contributed by atoms with Gasteiger partial charge < -0.3 is 24.8 Å². The molecular formula is C24H24N2O4. The zero-order valence-electron chi connectivity index (χ0n) is 16.8. The van der Waals surface area contributed by atoms with E-state index >= 15 is 0 Å². The van der Waals surface area contributed by atoms with Crippen molar-refractivity contribution in [3.63, 3.8) is 0 Å². The van der Waals surface area contributed by atoms with Crippen LogP contribution >= 0.6 is 0 Å². The van der Waals surface area contributed by atoms with Crippen LogP contribution < -0.4 is 24.8 Å².